The summed E-state index contributed by atoms with van der Waals surface area (Å²) < 4.78 is 14.5. The largest absolute Gasteiger partial charge is 0.365 e. The van der Waals surface area contributed by atoms with E-state index in [1.807, 2.05) is 31.2 Å². The highest BCUT2D eigenvalue weighted by Gasteiger charge is 2.24. The van der Waals surface area contributed by atoms with Crippen LogP contribution in [0.3, 0.4) is 0 Å². The molecule has 0 unspecified atom stereocenters. The van der Waals surface area contributed by atoms with Gasteiger partial charge in [0.25, 0.3) is 5.91 Å². The van der Waals surface area contributed by atoms with Gasteiger partial charge in [0, 0.05) is 17.8 Å². The first kappa shape index (κ1) is 18.1. The van der Waals surface area contributed by atoms with Crippen LogP contribution < -0.4 is 22.1 Å². The van der Waals surface area contributed by atoms with Gasteiger partial charge in [-0.05, 0) is 38.0 Å². The van der Waals surface area contributed by atoms with Crippen LogP contribution in [0.2, 0.25) is 0 Å². The van der Waals surface area contributed by atoms with Crippen molar-refractivity contribution in [3.63, 3.8) is 0 Å². The van der Waals surface area contributed by atoms with E-state index in [9.17, 15) is 9.18 Å². The number of anilines is 3. The van der Waals surface area contributed by atoms with Crippen LogP contribution in [0.25, 0.3) is 0 Å². The fourth-order valence-electron chi connectivity index (χ4n) is 3.16. The van der Waals surface area contributed by atoms with Crippen LogP contribution in [-0.4, -0.2) is 23.0 Å². The number of hydrogen-bond donors (Lipinski definition) is 4. The molecule has 26 heavy (non-hydrogen) atoms. The number of hydrogen-bond acceptors (Lipinski definition) is 5. The number of carbonyl (C=O) groups is 1. The molecule has 0 aliphatic heterocycles. The normalized spacial score (nSPS) is 19.8. The van der Waals surface area contributed by atoms with Crippen LogP contribution in [0.1, 0.15) is 41.6 Å². The summed E-state index contributed by atoms with van der Waals surface area (Å²) in [6.07, 6.45) is 3.88. The third-order valence-corrected chi connectivity index (χ3v) is 4.70. The monoisotopic (exact) mass is 357 g/mol. The van der Waals surface area contributed by atoms with Crippen molar-refractivity contribution in [2.24, 2.45) is 11.5 Å². The maximum atomic E-state index is 14.5. The topological polar surface area (TPSA) is 106 Å². The zero-order valence-corrected chi connectivity index (χ0v) is 14.8. The van der Waals surface area contributed by atoms with E-state index < -0.39 is 11.7 Å². The summed E-state index contributed by atoms with van der Waals surface area (Å²) in [7, 11) is 0. The highest BCUT2D eigenvalue weighted by Crippen LogP contribution is 2.26. The zero-order chi connectivity index (χ0) is 18.7. The Labute approximate surface area is 152 Å². The maximum absolute atomic E-state index is 14.5. The van der Waals surface area contributed by atoms with Gasteiger partial charge in [-0.25, -0.2) is 9.37 Å². The van der Waals surface area contributed by atoms with Crippen molar-refractivity contribution >= 4 is 23.2 Å². The first-order valence-electron chi connectivity index (χ1n) is 8.80. The fourth-order valence-corrected chi connectivity index (χ4v) is 3.16. The number of aromatic nitrogens is 1. The number of halogens is 1. The Bertz CT molecular complexity index is 793. The van der Waals surface area contributed by atoms with Crippen molar-refractivity contribution in [1.29, 1.82) is 0 Å². The molecule has 0 radical (unpaired) electrons. The number of primary amides is 1. The van der Waals surface area contributed by atoms with Gasteiger partial charge in [-0.2, -0.15) is 0 Å². The van der Waals surface area contributed by atoms with Gasteiger partial charge in [-0.15, -0.1) is 0 Å². The van der Waals surface area contributed by atoms with Crippen molar-refractivity contribution in [3.8, 4) is 0 Å². The van der Waals surface area contributed by atoms with Gasteiger partial charge in [0.15, 0.2) is 11.6 Å². The van der Waals surface area contributed by atoms with E-state index in [4.69, 9.17) is 11.5 Å². The number of nitrogens with one attached hydrogen (secondary N) is 2. The zero-order valence-electron chi connectivity index (χ0n) is 14.8. The Kier molecular flexibility index (Phi) is 5.37. The van der Waals surface area contributed by atoms with Gasteiger partial charge in [-0.3, -0.25) is 4.79 Å². The molecule has 3 rings (SSSR count). The number of benzene rings is 1. The predicted molar refractivity (Wildman–Crippen MR) is 101 cm³/mol. The summed E-state index contributed by atoms with van der Waals surface area (Å²) >= 11 is 0. The van der Waals surface area contributed by atoms with E-state index in [1.54, 1.807) is 0 Å². The van der Waals surface area contributed by atoms with E-state index in [0.717, 1.165) is 43.0 Å². The molecule has 1 aliphatic rings. The first-order chi connectivity index (χ1) is 12.4. The maximum Gasteiger partial charge on any atom is 0.252 e. The van der Waals surface area contributed by atoms with E-state index >= 15 is 0 Å². The predicted octanol–water partition coefficient (Wildman–Crippen LogP) is 3.05. The summed E-state index contributed by atoms with van der Waals surface area (Å²) in [5.41, 5.74) is 13.4. The Hall–Kier alpha value is -2.67. The highest BCUT2D eigenvalue weighted by molar-refractivity contribution is 5.98. The molecule has 6 N–H and O–H groups in total. The Morgan fingerprint density at radius 2 is 1.88 bits per heavy atom. The molecule has 2 atom stereocenters. The van der Waals surface area contributed by atoms with Crippen molar-refractivity contribution in [3.05, 3.63) is 47.3 Å². The van der Waals surface area contributed by atoms with Gasteiger partial charge < -0.3 is 22.1 Å². The summed E-state index contributed by atoms with van der Waals surface area (Å²) in [5.74, 6) is -1.07. The second-order valence-corrected chi connectivity index (χ2v) is 6.77. The lowest BCUT2D eigenvalue weighted by Crippen LogP contribution is -2.43. The number of carbonyl (C=O) groups excluding carboxylic acids is 1. The molecule has 1 fully saturated rings. The molecule has 0 saturated heterocycles. The van der Waals surface area contributed by atoms with Crippen LogP contribution in [0.15, 0.2) is 30.3 Å². The number of amides is 1. The van der Waals surface area contributed by atoms with E-state index in [-0.39, 0.29) is 29.3 Å². The molecular weight excluding hydrogens is 333 g/mol. The smallest absolute Gasteiger partial charge is 0.252 e. The number of pyridine rings is 1. The lowest BCUT2D eigenvalue weighted by atomic mass is 9.91. The van der Waals surface area contributed by atoms with Crippen molar-refractivity contribution in [1.82, 2.24) is 4.98 Å². The van der Waals surface area contributed by atoms with Crippen molar-refractivity contribution in [2.75, 3.05) is 10.6 Å². The summed E-state index contributed by atoms with van der Waals surface area (Å²) in [4.78, 5) is 16.0. The second-order valence-electron chi connectivity index (χ2n) is 6.77. The minimum absolute atomic E-state index is 0.00145. The van der Waals surface area contributed by atoms with E-state index in [1.165, 1.54) is 0 Å². The van der Waals surface area contributed by atoms with Crippen LogP contribution in [-0.2, 0) is 0 Å². The second kappa shape index (κ2) is 7.70. The standard InChI is InChI=1S/C19H24FN5O/c1-11-6-8-12(9-7-11)23-18-13(17(22)26)10-14(20)19(25-18)24-16-5-3-2-4-15(16)21/h6-10,15-16H,2-5,21H2,1H3,(H2,22,26)(H2,23,24,25)/t15-,16+/m0/s1. The number of nitrogens with zero attached hydrogens (tertiary/aromatic N) is 1. The molecule has 1 amide bonds. The quantitative estimate of drug-likeness (QED) is 0.658. The van der Waals surface area contributed by atoms with E-state index in [0.29, 0.717) is 0 Å². The molecule has 6 nitrogen and oxygen atoms in total. The molecule has 1 aromatic heterocycles. The summed E-state index contributed by atoms with van der Waals surface area (Å²) in [6.45, 7) is 1.98. The number of nitrogens with two attached hydrogens (primary N) is 2. The van der Waals surface area contributed by atoms with Crippen LogP contribution in [0.5, 0.6) is 0 Å². The van der Waals surface area contributed by atoms with E-state index in [2.05, 4.69) is 15.6 Å². The fraction of sp³-hybridized carbons (Fsp3) is 0.368. The average molecular weight is 357 g/mol. The van der Waals surface area contributed by atoms with Gasteiger partial charge in [-0.1, -0.05) is 30.5 Å². The van der Waals surface area contributed by atoms with Crippen molar-refractivity contribution in [2.45, 2.75) is 44.7 Å². The molecule has 2 aromatic rings. The lowest BCUT2D eigenvalue weighted by molar-refractivity contribution is 0.100. The van der Waals surface area contributed by atoms with Gasteiger partial charge in [0.2, 0.25) is 0 Å². The SMILES string of the molecule is Cc1ccc(Nc2nc(N[C@@H]3CCCC[C@@H]3N)c(F)cc2C(N)=O)cc1. The van der Waals surface area contributed by atoms with Gasteiger partial charge in [0.05, 0.1) is 5.56 Å². The van der Waals surface area contributed by atoms with Crippen molar-refractivity contribution < 1.29 is 9.18 Å². The molecule has 0 bridgehead atoms. The van der Waals surface area contributed by atoms with Crippen LogP contribution in [0.4, 0.5) is 21.7 Å². The Balaban J connectivity index is 1.90. The lowest BCUT2D eigenvalue weighted by Gasteiger charge is -2.30. The average Bonchev–Trinajstić information content (AvgIpc) is 2.61. The highest BCUT2D eigenvalue weighted by atomic mass is 19.1. The molecule has 1 saturated carbocycles. The molecule has 7 heteroatoms. The number of rotatable bonds is 5. The minimum atomic E-state index is -0.744. The van der Waals surface area contributed by atoms with Crippen LogP contribution in [0, 0.1) is 12.7 Å². The van der Waals surface area contributed by atoms with Gasteiger partial charge >= 0.3 is 0 Å². The molecule has 1 heterocycles. The molecule has 138 valence electrons. The summed E-state index contributed by atoms with van der Waals surface area (Å²) in [6, 6.07) is 8.59. The third kappa shape index (κ3) is 4.11. The Morgan fingerprint density at radius 1 is 1.19 bits per heavy atom. The Morgan fingerprint density at radius 3 is 2.54 bits per heavy atom. The first-order valence-corrected chi connectivity index (χ1v) is 8.80. The summed E-state index contributed by atoms with van der Waals surface area (Å²) in [5, 5.41) is 6.14. The molecule has 1 aliphatic carbocycles. The minimum Gasteiger partial charge on any atom is -0.365 e. The van der Waals surface area contributed by atoms with Gasteiger partial charge in [0.1, 0.15) is 5.82 Å². The molecule has 1 aromatic carbocycles. The number of aryl methyl sites for hydroxylation is 1. The molecular formula is C19H24FN5O. The van der Waals surface area contributed by atoms with Crippen LogP contribution >= 0.6 is 0 Å². The third-order valence-electron chi connectivity index (χ3n) is 4.70. The molecule has 0 spiro atoms.